The van der Waals surface area contributed by atoms with Crippen LogP contribution in [0, 0.1) is 5.82 Å². The van der Waals surface area contributed by atoms with Gasteiger partial charge < -0.3 is 10.5 Å². The van der Waals surface area contributed by atoms with E-state index in [9.17, 15) is 9.18 Å². The van der Waals surface area contributed by atoms with Gasteiger partial charge in [0, 0.05) is 17.8 Å². The molecular formula is C14H19FN2O2. The Morgan fingerprint density at radius 1 is 1.47 bits per heavy atom. The summed E-state index contributed by atoms with van der Waals surface area (Å²) in [4.78, 5) is 11.5. The zero-order valence-electron chi connectivity index (χ0n) is 11.4. The lowest BCUT2D eigenvalue weighted by atomic mass is 10.1. The van der Waals surface area contributed by atoms with Crippen molar-refractivity contribution in [3.8, 4) is 0 Å². The molecule has 1 aromatic rings. The van der Waals surface area contributed by atoms with E-state index in [1.54, 1.807) is 26.8 Å². The minimum atomic E-state index is -0.627. The number of carbonyl (C=O) groups excluding carboxylic acids is 1. The SMILES string of the molecule is C=C(CN)c1ccc(NC(=O)OC(C)(C)C)cc1F. The molecule has 0 fully saturated rings. The molecule has 5 heteroatoms. The van der Waals surface area contributed by atoms with Gasteiger partial charge in [-0.05, 0) is 44.5 Å². The van der Waals surface area contributed by atoms with Gasteiger partial charge in [-0.2, -0.15) is 0 Å². The molecule has 0 aromatic heterocycles. The molecule has 19 heavy (non-hydrogen) atoms. The van der Waals surface area contributed by atoms with Gasteiger partial charge in [-0.1, -0.05) is 6.58 Å². The summed E-state index contributed by atoms with van der Waals surface area (Å²) < 4.78 is 18.8. The number of hydrogen-bond acceptors (Lipinski definition) is 3. The molecule has 1 rings (SSSR count). The van der Waals surface area contributed by atoms with Crippen LogP contribution in [0.5, 0.6) is 0 Å². The van der Waals surface area contributed by atoms with Crippen LogP contribution in [-0.4, -0.2) is 18.2 Å². The third-order valence-corrected chi connectivity index (χ3v) is 2.24. The van der Waals surface area contributed by atoms with Crippen LogP contribution in [0.2, 0.25) is 0 Å². The van der Waals surface area contributed by atoms with Gasteiger partial charge in [-0.3, -0.25) is 5.32 Å². The molecule has 0 aliphatic heterocycles. The van der Waals surface area contributed by atoms with E-state index in [2.05, 4.69) is 11.9 Å². The maximum absolute atomic E-state index is 13.8. The molecule has 104 valence electrons. The summed E-state index contributed by atoms with van der Waals surface area (Å²) in [5.41, 5.74) is 5.97. The van der Waals surface area contributed by atoms with E-state index >= 15 is 0 Å². The Labute approximate surface area is 112 Å². The van der Waals surface area contributed by atoms with Crippen LogP contribution < -0.4 is 11.1 Å². The third-order valence-electron chi connectivity index (χ3n) is 2.24. The summed E-state index contributed by atoms with van der Waals surface area (Å²) in [6.07, 6.45) is -0.627. The monoisotopic (exact) mass is 266 g/mol. The fourth-order valence-electron chi connectivity index (χ4n) is 1.41. The first kappa shape index (κ1) is 15.2. The zero-order chi connectivity index (χ0) is 14.6. The molecular weight excluding hydrogens is 247 g/mol. The first-order chi connectivity index (χ1) is 8.73. The molecule has 0 saturated heterocycles. The van der Waals surface area contributed by atoms with E-state index in [4.69, 9.17) is 10.5 Å². The third kappa shape index (κ3) is 4.71. The predicted molar refractivity (Wildman–Crippen MR) is 74.3 cm³/mol. The number of anilines is 1. The van der Waals surface area contributed by atoms with Crippen molar-refractivity contribution in [1.29, 1.82) is 0 Å². The van der Waals surface area contributed by atoms with Crippen LogP contribution >= 0.6 is 0 Å². The lowest BCUT2D eigenvalue weighted by Crippen LogP contribution is -2.27. The predicted octanol–water partition coefficient (Wildman–Crippen LogP) is 3.14. The first-order valence-electron chi connectivity index (χ1n) is 5.90. The highest BCUT2D eigenvalue weighted by molar-refractivity contribution is 5.85. The molecule has 0 aliphatic rings. The molecule has 0 atom stereocenters. The van der Waals surface area contributed by atoms with Crippen molar-refractivity contribution >= 4 is 17.4 Å². The van der Waals surface area contributed by atoms with Gasteiger partial charge >= 0.3 is 6.09 Å². The average molecular weight is 266 g/mol. The van der Waals surface area contributed by atoms with Crippen molar-refractivity contribution in [3.63, 3.8) is 0 Å². The van der Waals surface area contributed by atoms with Crippen molar-refractivity contribution in [2.24, 2.45) is 5.73 Å². The highest BCUT2D eigenvalue weighted by Gasteiger charge is 2.16. The molecule has 0 saturated carbocycles. The second-order valence-electron chi connectivity index (χ2n) is 5.13. The van der Waals surface area contributed by atoms with Crippen molar-refractivity contribution < 1.29 is 13.9 Å². The van der Waals surface area contributed by atoms with Crippen molar-refractivity contribution in [1.82, 2.24) is 0 Å². The second-order valence-corrected chi connectivity index (χ2v) is 5.13. The molecule has 0 spiro atoms. The van der Waals surface area contributed by atoms with Gasteiger partial charge in [0.25, 0.3) is 0 Å². The smallest absolute Gasteiger partial charge is 0.412 e. The zero-order valence-corrected chi connectivity index (χ0v) is 11.4. The molecule has 0 heterocycles. The highest BCUT2D eigenvalue weighted by atomic mass is 19.1. The lowest BCUT2D eigenvalue weighted by molar-refractivity contribution is 0.0636. The Bertz CT molecular complexity index is 493. The van der Waals surface area contributed by atoms with Crippen LogP contribution in [0.3, 0.4) is 0 Å². The number of rotatable bonds is 3. The van der Waals surface area contributed by atoms with Crippen LogP contribution in [-0.2, 0) is 4.74 Å². The van der Waals surface area contributed by atoms with E-state index in [-0.39, 0.29) is 6.54 Å². The van der Waals surface area contributed by atoms with E-state index in [1.165, 1.54) is 12.1 Å². The molecule has 1 aromatic carbocycles. The maximum Gasteiger partial charge on any atom is 0.412 e. The quantitative estimate of drug-likeness (QED) is 0.883. The average Bonchev–Trinajstić information content (AvgIpc) is 2.25. The summed E-state index contributed by atoms with van der Waals surface area (Å²) in [7, 11) is 0. The molecule has 0 radical (unpaired) electrons. The molecule has 3 N–H and O–H groups in total. The first-order valence-corrected chi connectivity index (χ1v) is 5.90. The van der Waals surface area contributed by atoms with Gasteiger partial charge in [0.1, 0.15) is 11.4 Å². The summed E-state index contributed by atoms with van der Waals surface area (Å²) >= 11 is 0. The van der Waals surface area contributed by atoms with E-state index in [1.807, 2.05) is 0 Å². The second kappa shape index (κ2) is 5.84. The van der Waals surface area contributed by atoms with Gasteiger partial charge in [0.15, 0.2) is 0 Å². The number of ether oxygens (including phenoxy) is 1. The Hall–Kier alpha value is -1.88. The standard InChI is InChI=1S/C14H19FN2O2/c1-9(8-16)11-6-5-10(7-12(11)15)17-13(18)19-14(2,3)4/h5-7H,1,8,16H2,2-4H3,(H,17,18). The number of nitrogens with one attached hydrogen (secondary N) is 1. The largest absolute Gasteiger partial charge is 0.444 e. The van der Waals surface area contributed by atoms with Crippen molar-refractivity contribution in [3.05, 3.63) is 36.2 Å². The summed E-state index contributed by atoms with van der Waals surface area (Å²) in [5.74, 6) is -0.482. The van der Waals surface area contributed by atoms with E-state index in [0.29, 0.717) is 16.8 Å². The fraction of sp³-hybridized carbons (Fsp3) is 0.357. The number of nitrogens with two attached hydrogens (primary N) is 1. The fourth-order valence-corrected chi connectivity index (χ4v) is 1.41. The number of halogens is 1. The Kier molecular flexibility index (Phi) is 4.67. The summed E-state index contributed by atoms with van der Waals surface area (Å²) in [6.45, 7) is 9.10. The molecule has 0 bridgehead atoms. The van der Waals surface area contributed by atoms with E-state index < -0.39 is 17.5 Å². The van der Waals surface area contributed by atoms with Crippen LogP contribution in [0.4, 0.5) is 14.9 Å². The summed E-state index contributed by atoms with van der Waals surface area (Å²) in [5, 5.41) is 2.46. The van der Waals surface area contributed by atoms with Crippen LogP contribution in [0.1, 0.15) is 26.3 Å². The maximum atomic E-state index is 13.8. The number of amides is 1. The van der Waals surface area contributed by atoms with Crippen molar-refractivity contribution in [2.75, 3.05) is 11.9 Å². The molecule has 0 unspecified atom stereocenters. The normalized spacial score (nSPS) is 11.0. The topological polar surface area (TPSA) is 64.3 Å². The summed E-state index contributed by atoms with van der Waals surface area (Å²) in [6, 6.07) is 4.31. The van der Waals surface area contributed by atoms with Gasteiger partial charge in [0.2, 0.25) is 0 Å². The highest BCUT2D eigenvalue weighted by Crippen LogP contribution is 2.20. The minimum Gasteiger partial charge on any atom is -0.444 e. The number of hydrogen-bond donors (Lipinski definition) is 2. The number of carbonyl (C=O) groups is 1. The minimum absolute atomic E-state index is 0.176. The lowest BCUT2D eigenvalue weighted by Gasteiger charge is -2.19. The Morgan fingerprint density at radius 2 is 2.11 bits per heavy atom. The molecule has 4 nitrogen and oxygen atoms in total. The Balaban J connectivity index is 2.79. The van der Waals surface area contributed by atoms with Crippen molar-refractivity contribution in [2.45, 2.75) is 26.4 Å². The van der Waals surface area contributed by atoms with Gasteiger partial charge in [-0.15, -0.1) is 0 Å². The molecule has 0 aliphatic carbocycles. The molecule has 1 amide bonds. The van der Waals surface area contributed by atoms with Gasteiger partial charge in [-0.25, -0.2) is 9.18 Å². The van der Waals surface area contributed by atoms with Crippen LogP contribution in [0.25, 0.3) is 5.57 Å². The van der Waals surface area contributed by atoms with Crippen LogP contribution in [0.15, 0.2) is 24.8 Å². The van der Waals surface area contributed by atoms with E-state index in [0.717, 1.165) is 0 Å². The Morgan fingerprint density at radius 3 is 2.58 bits per heavy atom. The van der Waals surface area contributed by atoms with Gasteiger partial charge in [0.05, 0.1) is 0 Å². The number of benzene rings is 1.